The van der Waals surface area contributed by atoms with Gasteiger partial charge in [0.05, 0.1) is 5.56 Å². The molecule has 0 aliphatic heterocycles. The molecule has 1 aromatic rings. The Labute approximate surface area is 111 Å². The van der Waals surface area contributed by atoms with Gasteiger partial charge in [-0.2, -0.15) is 0 Å². The Kier molecular flexibility index (Phi) is 4.89. The van der Waals surface area contributed by atoms with Crippen molar-refractivity contribution in [2.75, 3.05) is 19.0 Å². The average Bonchev–Trinajstić information content (AvgIpc) is 2.38. The lowest BCUT2D eigenvalue weighted by Gasteiger charge is -2.13. The number of anilines is 1. The van der Waals surface area contributed by atoms with Gasteiger partial charge in [-0.05, 0) is 12.1 Å². The van der Waals surface area contributed by atoms with E-state index in [-0.39, 0.29) is 12.0 Å². The molecule has 0 aliphatic rings. The van der Waals surface area contributed by atoms with E-state index in [1.54, 1.807) is 17.0 Å². The number of carboxylic acids is 1. The van der Waals surface area contributed by atoms with Gasteiger partial charge in [0.15, 0.2) is 0 Å². The summed E-state index contributed by atoms with van der Waals surface area (Å²) < 4.78 is 0. The Morgan fingerprint density at radius 3 is 2.63 bits per heavy atom. The second-order valence-corrected chi connectivity index (χ2v) is 4.07. The summed E-state index contributed by atoms with van der Waals surface area (Å²) in [6.07, 6.45) is 6.38. The van der Waals surface area contributed by atoms with Gasteiger partial charge in [-0.15, -0.1) is 12.3 Å². The van der Waals surface area contributed by atoms with Crippen molar-refractivity contribution in [3.8, 4) is 12.3 Å². The molecular weight excluding hydrogens is 246 g/mol. The van der Waals surface area contributed by atoms with E-state index in [1.165, 1.54) is 6.20 Å². The van der Waals surface area contributed by atoms with E-state index < -0.39 is 17.9 Å². The molecular formula is C13H15N3O3. The highest BCUT2D eigenvalue weighted by atomic mass is 16.4. The van der Waals surface area contributed by atoms with Crippen LogP contribution in [0.5, 0.6) is 0 Å². The number of amides is 1. The number of nitrogens with one attached hydrogen (secondary N) is 1. The van der Waals surface area contributed by atoms with Gasteiger partial charge in [-0.25, -0.2) is 9.78 Å². The highest BCUT2D eigenvalue weighted by Gasteiger charge is 2.19. The summed E-state index contributed by atoms with van der Waals surface area (Å²) in [5.74, 6) is 1.24. The molecule has 100 valence electrons. The van der Waals surface area contributed by atoms with Crippen molar-refractivity contribution < 1.29 is 14.7 Å². The Bertz CT molecular complexity index is 503. The van der Waals surface area contributed by atoms with Crippen molar-refractivity contribution in [3.63, 3.8) is 0 Å². The first-order chi connectivity index (χ1) is 8.95. The summed E-state index contributed by atoms with van der Waals surface area (Å²) in [4.78, 5) is 28.6. The third-order valence-corrected chi connectivity index (χ3v) is 2.39. The molecule has 0 fully saturated rings. The summed E-state index contributed by atoms with van der Waals surface area (Å²) in [6, 6.07) is 2.16. The highest BCUT2D eigenvalue weighted by molar-refractivity contribution is 5.96. The zero-order valence-corrected chi connectivity index (χ0v) is 10.8. The number of hydrogen-bond donors (Lipinski definition) is 2. The lowest BCUT2D eigenvalue weighted by molar-refractivity contribution is -0.139. The molecule has 0 bridgehead atoms. The number of carboxylic acid groups (broad SMARTS) is 1. The van der Waals surface area contributed by atoms with Gasteiger partial charge in [0.2, 0.25) is 0 Å². The molecule has 0 aliphatic carbocycles. The van der Waals surface area contributed by atoms with Gasteiger partial charge in [0.1, 0.15) is 11.9 Å². The molecule has 1 aromatic heterocycles. The van der Waals surface area contributed by atoms with Crippen LogP contribution in [0.3, 0.4) is 0 Å². The van der Waals surface area contributed by atoms with Crippen molar-refractivity contribution in [1.29, 1.82) is 0 Å². The molecule has 1 rings (SSSR count). The van der Waals surface area contributed by atoms with Gasteiger partial charge in [-0.3, -0.25) is 4.79 Å². The van der Waals surface area contributed by atoms with Gasteiger partial charge < -0.3 is 15.3 Å². The zero-order valence-electron chi connectivity index (χ0n) is 10.8. The molecule has 0 radical (unpaired) electrons. The number of nitrogens with zero attached hydrogens (tertiary/aromatic N) is 2. The minimum absolute atomic E-state index is 0.0652. The average molecular weight is 261 g/mol. The van der Waals surface area contributed by atoms with E-state index in [0.29, 0.717) is 5.82 Å². The molecule has 1 amide bonds. The van der Waals surface area contributed by atoms with Crippen molar-refractivity contribution in [1.82, 2.24) is 10.3 Å². The summed E-state index contributed by atoms with van der Waals surface area (Å²) in [5, 5.41) is 11.2. The second-order valence-electron chi connectivity index (χ2n) is 4.07. The van der Waals surface area contributed by atoms with Crippen LogP contribution >= 0.6 is 0 Å². The summed E-state index contributed by atoms with van der Waals surface area (Å²) in [5.41, 5.74) is 0.286. The fourth-order valence-corrected chi connectivity index (χ4v) is 1.34. The van der Waals surface area contributed by atoms with Crippen molar-refractivity contribution >= 4 is 17.7 Å². The Hall–Kier alpha value is -2.55. The van der Waals surface area contributed by atoms with Crippen LogP contribution in [0.1, 0.15) is 16.8 Å². The molecule has 1 heterocycles. The lowest BCUT2D eigenvalue weighted by atomic mass is 10.2. The van der Waals surface area contributed by atoms with Gasteiger partial charge in [0.25, 0.3) is 5.91 Å². The van der Waals surface area contributed by atoms with Crippen LogP contribution in [0.15, 0.2) is 18.3 Å². The highest BCUT2D eigenvalue weighted by Crippen LogP contribution is 2.08. The van der Waals surface area contributed by atoms with Crippen molar-refractivity contribution in [3.05, 3.63) is 23.9 Å². The Morgan fingerprint density at radius 2 is 2.21 bits per heavy atom. The number of aliphatic carboxylic acids is 1. The molecule has 6 heteroatoms. The Balaban J connectivity index is 2.77. The SMILES string of the molecule is C#CCC(NC(=O)c1ccc(N(C)C)nc1)C(=O)O. The minimum atomic E-state index is -1.16. The van der Waals surface area contributed by atoms with E-state index in [2.05, 4.69) is 16.2 Å². The van der Waals surface area contributed by atoms with Crippen LogP contribution < -0.4 is 10.2 Å². The molecule has 0 saturated carbocycles. The van der Waals surface area contributed by atoms with Gasteiger partial charge >= 0.3 is 5.97 Å². The molecule has 6 nitrogen and oxygen atoms in total. The van der Waals surface area contributed by atoms with Crippen LogP contribution in [-0.4, -0.2) is 42.1 Å². The van der Waals surface area contributed by atoms with E-state index in [9.17, 15) is 9.59 Å². The maximum atomic E-state index is 11.8. The predicted molar refractivity (Wildman–Crippen MR) is 70.9 cm³/mol. The second kappa shape index (κ2) is 6.40. The predicted octanol–water partition coefficient (Wildman–Crippen LogP) is 0.354. The fourth-order valence-electron chi connectivity index (χ4n) is 1.34. The molecule has 1 unspecified atom stereocenters. The monoisotopic (exact) mass is 261 g/mol. The molecule has 2 N–H and O–H groups in total. The standard InChI is InChI=1S/C13H15N3O3/c1-4-5-10(13(18)19)15-12(17)9-6-7-11(14-8-9)16(2)3/h1,6-8,10H,5H2,2-3H3,(H,15,17)(H,18,19). The zero-order chi connectivity index (χ0) is 14.4. The summed E-state index contributed by atoms with van der Waals surface area (Å²) in [6.45, 7) is 0. The maximum Gasteiger partial charge on any atom is 0.327 e. The number of carbonyl (C=O) groups is 2. The lowest BCUT2D eigenvalue weighted by Crippen LogP contribution is -2.40. The normalized spacial score (nSPS) is 11.2. The van der Waals surface area contributed by atoms with Crippen LogP contribution in [0, 0.1) is 12.3 Å². The van der Waals surface area contributed by atoms with Crippen molar-refractivity contribution in [2.45, 2.75) is 12.5 Å². The first-order valence-electron chi connectivity index (χ1n) is 5.56. The molecule has 0 spiro atoms. The van der Waals surface area contributed by atoms with E-state index >= 15 is 0 Å². The molecule has 0 aromatic carbocycles. The molecule has 0 saturated heterocycles. The number of rotatable bonds is 5. The van der Waals surface area contributed by atoms with Crippen LogP contribution in [0.2, 0.25) is 0 Å². The topological polar surface area (TPSA) is 82.5 Å². The third-order valence-electron chi connectivity index (χ3n) is 2.39. The number of pyridine rings is 1. The van der Waals surface area contributed by atoms with Gasteiger partial charge in [0, 0.05) is 26.7 Å². The van der Waals surface area contributed by atoms with E-state index in [4.69, 9.17) is 11.5 Å². The minimum Gasteiger partial charge on any atom is -0.480 e. The number of terminal acetylenes is 1. The first-order valence-corrected chi connectivity index (χ1v) is 5.56. The quantitative estimate of drug-likeness (QED) is 0.747. The first kappa shape index (κ1) is 14.5. The summed E-state index contributed by atoms with van der Waals surface area (Å²) >= 11 is 0. The molecule has 1 atom stereocenters. The Morgan fingerprint density at radius 1 is 1.53 bits per heavy atom. The number of aromatic nitrogens is 1. The van der Waals surface area contributed by atoms with Crippen LogP contribution in [0.25, 0.3) is 0 Å². The van der Waals surface area contributed by atoms with Crippen molar-refractivity contribution in [2.24, 2.45) is 0 Å². The fraction of sp³-hybridized carbons (Fsp3) is 0.308. The van der Waals surface area contributed by atoms with Crippen LogP contribution in [0.4, 0.5) is 5.82 Å². The largest absolute Gasteiger partial charge is 0.480 e. The third kappa shape index (κ3) is 4.00. The van der Waals surface area contributed by atoms with E-state index in [1.807, 2.05) is 14.1 Å². The van der Waals surface area contributed by atoms with Gasteiger partial charge in [-0.1, -0.05) is 0 Å². The number of hydrogen-bond acceptors (Lipinski definition) is 4. The van der Waals surface area contributed by atoms with E-state index in [0.717, 1.165) is 0 Å². The molecule has 19 heavy (non-hydrogen) atoms. The summed E-state index contributed by atoms with van der Waals surface area (Å²) in [7, 11) is 3.66. The van der Waals surface area contributed by atoms with Crippen LogP contribution in [-0.2, 0) is 4.79 Å². The number of carbonyl (C=O) groups excluding carboxylic acids is 1. The smallest absolute Gasteiger partial charge is 0.327 e. The maximum absolute atomic E-state index is 11.8.